The lowest BCUT2D eigenvalue weighted by molar-refractivity contribution is 0.0787. The van der Waals surface area contributed by atoms with Gasteiger partial charge in [-0.1, -0.05) is 19.3 Å². The zero-order valence-electron chi connectivity index (χ0n) is 12.8. The first-order valence-corrected chi connectivity index (χ1v) is 10.1. The third-order valence-electron chi connectivity index (χ3n) is 5.68. The molecule has 0 bridgehead atoms. The minimum Gasteiger partial charge on any atom is -0.247 e. The van der Waals surface area contributed by atoms with Crippen molar-refractivity contribution in [1.29, 1.82) is 0 Å². The molecule has 2 heterocycles. The summed E-state index contributed by atoms with van der Waals surface area (Å²) in [6, 6.07) is 0. The third-order valence-corrected chi connectivity index (χ3v) is 7.60. The highest BCUT2D eigenvalue weighted by Gasteiger charge is 2.48. The molecular formula is C15H26ClFN4S. The summed E-state index contributed by atoms with van der Waals surface area (Å²) in [7, 11) is 0. The molecule has 2 aliphatic heterocycles. The quantitative estimate of drug-likeness (QED) is 0.669. The summed E-state index contributed by atoms with van der Waals surface area (Å²) in [4.78, 5) is 0. The Hall–Kier alpha value is 0.410. The molecule has 2 saturated heterocycles. The van der Waals surface area contributed by atoms with Crippen molar-refractivity contribution < 1.29 is 4.39 Å². The van der Waals surface area contributed by atoms with Crippen molar-refractivity contribution in [1.82, 2.24) is 21.3 Å². The van der Waals surface area contributed by atoms with Gasteiger partial charge in [0.1, 0.15) is 11.7 Å². The third kappa shape index (κ3) is 3.03. The van der Waals surface area contributed by atoms with Crippen LogP contribution >= 0.6 is 23.4 Å². The summed E-state index contributed by atoms with van der Waals surface area (Å²) < 4.78 is 13.7. The van der Waals surface area contributed by atoms with E-state index in [2.05, 4.69) is 21.3 Å². The molecule has 4 fully saturated rings. The van der Waals surface area contributed by atoms with Gasteiger partial charge in [-0.15, -0.1) is 23.4 Å². The summed E-state index contributed by atoms with van der Waals surface area (Å²) in [5.74, 6) is 0.917. The summed E-state index contributed by atoms with van der Waals surface area (Å²) in [6.07, 6.45) is 8.09. The normalized spacial score (nSPS) is 50.2. The van der Waals surface area contributed by atoms with Crippen LogP contribution in [0.4, 0.5) is 4.39 Å². The van der Waals surface area contributed by atoms with Crippen LogP contribution in [0.3, 0.4) is 0 Å². The molecule has 4 rings (SSSR count). The Morgan fingerprint density at radius 1 is 1.05 bits per heavy atom. The molecule has 0 aromatic carbocycles. The smallest absolute Gasteiger partial charge is 0.136 e. The van der Waals surface area contributed by atoms with Crippen LogP contribution in [0.2, 0.25) is 0 Å². The van der Waals surface area contributed by atoms with Crippen LogP contribution in [0.15, 0.2) is 0 Å². The second-order valence-corrected chi connectivity index (χ2v) is 8.95. The van der Waals surface area contributed by atoms with E-state index < -0.39 is 6.17 Å². The predicted octanol–water partition coefficient (Wildman–Crippen LogP) is 2.91. The SMILES string of the molecule is FC1CCCC(C2NN3C(NNC3C3CCCCC3Cl)S2)C1. The second kappa shape index (κ2) is 6.73. The molecule has 7 heteroatoms. The van der Waals surface area contributed by atoms with E-state index in [1.165, 1.54) is 19.3 Å². The van der Waals surface area contributed by atoms with Gasteiger partial charge in [-0.3, -0.25) is 0 Å². The van der Waals surface area contributed by atoms with E-state index in [1.54, 1.807) is 0 Å². The maximum Gasteiger partial charge on any atom is 0.136 e. The number of alkyl halides is 2. The minimum atomic E-state index is -0.607. The molecule has 0 aromatic rings. The lowest BCUT2D eigenvalue weighted by Crippen LogP contribution is -2.53. The lowest BCUT2D eigenvalue weighted by Gasteiger charge is -2.36. The number of halogens is 2. The van der Waals surface area contributed by atoms with Crippen LogP contribution in [0.25, 0.3) is 0 Å². The van der Waals surface area contributed by atoms with E-state index in [9.17, 15) is 4.39 Å². The summed E-state index contributed by atoms with van der Waals surface area (Å²) in [5, 5.41) is 2.89. The first kappa shape index (κ1) is 15.9. The molecule has 4 nitrogen and oxygen atoms in total. The van der Waals surface area contributed by atoms with Gasteiger partial charge in [0.15, 0.2) is 0 Å². The molecule has 2 aliphatic carbocycles. The van der Waals surface area contributed by atoms with Gasteiger partial charge in [0.2, 0.25) is 0 Å². The van der Waals surface area contributed by atoms with Crippen LogP contribution in [0, 0.1) is 11.8 Å². The van der Waals surface area contributed by atoms with Crippen molar-refractivity contribution in [2.24, 2.45) is 11.8 Å². The Labute approximate surface area is 141 Å². The Bertz CT molecular complexity index is 404. The van der Waals surface area contributed by atoms with E-state index in [0.717, 1.165) is 25.7 Å². The topological polar surface area (TPSA) is 39.3 Å². The number of thioether (sulfide) groups is 1. The van der Waals surface area contributed by atoms with Crippen molar-refractivity contribution in [3.63, 3.8) is 0 Å². The zero-order chi connectivity index (χ0) is 15.1. The van der Waals surface area contributed by atoms with Gasteiger partial charge >= 0.3 is 0 Å². The monoisotopic (exact) mass is 348 g/mol. The minimum absolute atomic E-state index is 0.237. The van der Waals surface area contributed by atoms with E-state index in [4.69, 9.17) is 11.6 Å². The van der Waals surface area contributed by atoms with Gasteiger partial charge in [0.05, 0.1) is 11.5 Å². The maximum absolute atomic E-state index is 13.7. The van der Waals surface area contributed by atoms with Crippen molar-refractivity contribution in [3.05, 3.63) is 0 Å². The Balaban J connectivity index is 1.40. The summed E-state index contributed by atoms with van der Waals surface area (Å²) in [5.41, 5.74) is 10.7. The average Bonchev–Trinajstić information content (AvgIpc) is 3.08. The zero-order valence-corrected chi connectivity index (χ0v) is 14.4. The van der Waals surface area contributed by atoms with Crippen LogP contribution in [-0.2, 0) is 0 Å². The molecule has 126 valence electrons. The van der Waals surface area contributed by atoms with E-state index in [0.29, 0.717) is 23.6 Å². The first-order chi connectivity index (χ1) is 10.7. The van der Waals surface area contributed by atoms with Crippen LogP contribution in [0.5, 0.6) is 0 Å². The Morgan fingerprint density at radius 3 is 2.73 bits per heavy atom. The molecule has 2 saturated carbocycles. The fourth-order valence-corrected chi connectivity index (χ4v) is 6.25. The van der Waals surface area contributed by atoms with E-state index in [-0.39, 0.29) is 17.0 Å². The van der Waals surface area contributed by atoms with Crippen LogP contribution in [-0.4, -0.2) is 33.6 Å². The molecule has 7 unspecified atom stereocenters. The van der Waals surface area contributed by atoms with E-state index in [1.807, 2.05) is 11.8 Å². The van der Waals surface area contributed by atoms with Crippen LogP contribution in [0.1, 0.15) is 51.4 Å². The fourth-order valence-electron chi connectivity index (χ4n) is 4.45. The number of hydrogen-bond acceptors (Lipinski definition) is 5. The average molecular weight is 349 g/mol. The molecule has 4 aliphatic rings. The van der Waals surface area contributed by atoms with Gasteiger partial charge in [0.25, 0.3) is 0 Å². The highest BCUT2D eigenvalue weighted by molar-refractivity contribution is 8.00. The molecule has 0 spiro atoms. The van der Waals surface area contributed by atoms with Gasteiger partial charge < -0.3 is 0 Å². The maximum atomic E-state index is 13.7. The molecule has 7 atom stereocenters. The van der Waals surface area contributed by atoms with Crippen molar-refractivity contribution in [2.45, 2.75) is 80.0 Å². The van der Waals surface area contributed by atoms with Crippen molar-refractivity contribution in [2.75, 3.05) is 0 Å². The lowest BCUT2D eigenvalue weighted by atomic mass is 9.86. The number of fused-ring (bicyclic) bond motifs is 1. The molecule has 0 aromatic heterocycles. The van der Waals surface area contributed by atoms with Crippen LogP contribution < -0.4 is 16.3 Å². The van der Waals surface area contributed by atoms with Gasteiger partial charge in [0, 0.05) is 11.3 Å². The number of hydrazine groups is 2. The van der Waals surface area contributed by atoms with Crippen molar-refractivity contribution >= 4 is 23.4 Å². The summed E-state index contributed by atoms with van der Waals surface area (Å²) >= 11 is 8.47. The van der Waals surface area contributed by atoms with Gasteiger partial charge in [-0.25, -0.2) is 20.7 Å². The molecule has 0 radical (unpaired) electrons. The predicted molar refractivity (Wildman–Crippen MR) is 88.7 cm³/mol. The standard InChI is InChI=1S/C15H26ClFN4S/c16-12-7-2-1-6-11(12)13-18-19-15-21(13)20-14(22-15)9-4-3-5-10(17)8-9/h9-15,18-20H,1-8H2. The molecule has 0 amide bonds. The van der Waals surface area contributed by atoms with Crippen molar-refractivity contribution in [3.8, 4) is 0 Å². The van der Waals surface area contributed by atoms with Gasteiger partial charge in [-0.05, 0) is 38.0 Å². The highest BCUT2D eigenvalue weighted by atomic mass is 35.5. The molecule has 3 N–H and O–H groups in total. The Morgan fingerprint density at radius 2 is 1.91 bits per heavy atom. The second-order valence-electron chi connectivity index (χ2n) is 7.17. The number of nitrogens with zero attached hydrogens (tertiary/aromatic N) is 1. The molecule has 22 heavy (non-hydrogen) atoms. The van der Waals surface area contributed by atoms with E-state index >= 15 is 0 Å². The first-order valence-electron chi connectivity index (χ1n) is 8.71. The Kier molecular flexibility index (Phi) is 4.87. The number of nitrogens with one attached hydrogen (secondary N) is 3. The van der Waals surface area contributed by atoms with Gasteiger partial charge in [-0.2, -0.15) is 5.01 Å². The fraction of sp³-hybridized carbons (Fsp3) is 1.00. The summed E-state index contributed by atoms with van der Waals surface area (Å²) in [6.45, 7) is 0. The number of hydrogen-bond donors (Lipinski definition) is 3. The number of rotatable bonds is 2. The molecular weight excluding hydrogens is 323 g/mol. The highest BCUT2D eigenvalue weighted by Crippen LogP contribution is 2.42. The largest absolute Gasteiger partial charge is 0.247 e.